The molecule has 0 saturated carbocycles. The van der Waals surface area contributed by atoms with Crippen molar-refractivity contribution < 1.29 is 9.59 Å². The van der Waals surface area contributed by atoms with Gasteiger partial charge in [-0.1, -0.05) is 60.7 Å². The predicted octanol–water partition coefficient (Wildman–Crippen LogP) is 3.52. The maximum Gasteiger partial charge on any atom is 0.233 e. The highest BCUT2D eigenvalue weighted by Crippen LogP contribution is 2.08. The largest absolute Gasteiger partial charge is 0.285 e. The lowest BCUT2D eigenvalue weighted by atomic mass is 10.0. The molecule has 0 amide bonds. The number of benzene rings is 1. The Morgan fingerprint density at radius 1 is 1.00 bits per heavy atom. The number of hydrogen-bond acceptors (Lipinski definition) is 2. The van der Waals surface area contributed by atoms with E-state index in [2.05, 4.69) is 0 Å². The van der Waals surface area contributed by atoms with Gasteiger partial charge >= 0.3 is 0 Å². The van der Waals surface area contributed by atoms with Crippen LogP contribution in [0, 0.1) is 0 Å². The normalized spacial score (nSPS) is 12.2. The summed E-state index contributed by atoms with van der Waals surface area (Å²) in [5.74, 6) is -0.971. The fraction of sp³-hybridized carbons (Fsp3) is 0.125. The minimum absolute atomic E-state index is 0.393. The minimum Gasteiger partial charge on any atom is -0.285 e. The van der Waals surface area contributed by atoms with Gasteiger partial charge in [-0.15, -0.1) is 0 Å². The molecule has 1 rings (SSSR count). The number of rotatable bonds is 5. The van der Waals surface area contributed by atoms with Crippen molar-refractivity contribution in [2.24, 2.45) is 0 Å². The molecule has 0 aliphatic heterocycles. The van der Waals surface area contributed by atoms with E-state index in [1.165, 1.54) is 0 Å². The summed E-state index contributed by atoms with van der Waals surface area (Å²) in [6, 6.07) is 8.58. The van der Waals surface area contributed by atoms with Gasteiger partial charge in [0, 0.05) is 11.1 Å². The average Bonchev–Trinajstić information content (AvgIpc) is 2.43. The van der Waals surface area contributed by atoms with Crippen molar-refractivity contribution in [3.8, 4) is 0 Å². The van der Waals surface area contributed by atoms with Crippen LogP contribution in [0.4, 0.5) is 0 Å². The molecule has 1 aromatic carbocycles. The molecule has 2 nitrogen and oxygen atoms in total. The lowest BCUT2D eigenvalue weighted by Gasteiger charge is -2.00. The Bertz CT molecular complexity index is 505. The first-order chi connectivity index (χ1) is 8.70. The first kappa shape index (κ1) is 13.8. The Hall–Kier alpha value is -2.22. The van der Waals surface area contributed by atoms with Crippen LogP contribution in [0.2, 0.25) is 0 Å². The van der Waals surface area contributed by atoms with Crippen LogP contribution in [-0.4, -0.2) is 11.6 Å². The fourth-order valence-corrected chi connectivity index (χ4v) is 1.44. The number of ketones is 2. The Morgan fingerprint density at radius 3 is 2.22 bits per heavy atom. The van der Waals surface area contributed by atoms with E-state index >= 15 is 0 Å². The van der Waals surface area contributed by atoms with E-state index in [1.54, 1.807) is 48.6 Å². The highest BCUT2D eigenvalue weighted by Gasteiger charge is 2.17. The number of allylic oxidation sites excluding steroid dienone is 6. The topological polar surface area (TPSA) is 34.1 Å². The number of carbonyl (C=O) groups is 2. The third-order valence-corrected chi connectivity index (χ3v) is 2.32. The molecule has 2 heteroatoms. The maximum atomic E-state index is 12.0. The van der Waals surface area contributed by atoms with E-state index in [0.29, 0.717) is 11.1 Å². The molecule has 0 saturated heterocycles. The monoisotopic (exact) mass is 240 g/mol. The molecule has 0 N–H and O–H groups in total. The third kappa shape index (κ3) is 3.67. The molecule has 0 aromatic heterocycles. The van der Waals surface area contributed by atoms with Crippen LogP contribution in [0.15, 0.2) is 66.3 Å². The second-order valence-corrected chi connectivity index (χ2v) is 3.67. The molecule has 0 radical (unpaired) electrons. The highest BCUT2D eigenvalue weighted by atomic mass is 16.2. The van der Waals surface area contributed by atoms with Gasteiger partial charge in [0.2, 0.25) is 11.6 Å². The van der Waals surface area contributed by atoms with Crippen LogP contribution >= 0.6 is 0 Å². The molecule has 1 aromatic rings. The van der Waals surface area contributed by atoms with Gasteiger partial charge in [0.05, 0.1) is 0 Å². The molecule has 18 heavy (non-hydrogen) atoms. The molecular formula is C16H16O2. The summed E-state index contributed by atoms with van der Waals surface area (Å²) < 4.78 is 0. The molecular weight excluding hydrogens is 224 g/mol. The van der Waals surface area contributed by atoms with Crippen LogP contribution in [0.1, 0.15) is 24.2 Å². The zero-order valence-electron chi connectivity index (χ0n) is 10.6. The van der Waals surface area contributed by atoms with Gasteiger partial charge in [0.15, 0.2) is 0 Å². The predicted molar refractivity (Wildman–Crippen MR) is 73.5 cm³/mol. The summed E-state index contributed by atoms with van der Waals surface area (Å²) in [4.78, 5) is 24.0. The lowest BCUT2D eigenvalue weighted by molar-refractivity contribution is -0.111. The number of Topliss-reactive ketones (excluding diaryl/α,β-unsaturated/α-hetero) is 2. The molecule has 0 bridgehead atoms. The van der Waals surface area contributed by atoms with Crippen molar-refractivity contribution in [3.05, 3.63) is 71.8 Å². The van der Waals surface area contributed by atoms with Gasteiger partial charge < -0.3 is 0 Å². The van der Waals surface area contributed by atoms with Crippen LogP contribution in [0.3, 0.4) is 0 Å². The lowest BCUT2D eigenvalue weighted by Crippen LogP contribution is -2.15. The van der Waals surface area contributed by atoms with Gasteiger partial charge in [-0.2, -0.15) is 0 Å². The van der Waals surface area contributed by atoms with Gasteiger partial charge in [-0.3, -0.25) is 9.59 Å². The van der Waals surface area contributed by atoms with Crippen LogP contribution in [0.25, 0.3) is 0 Å². The van der Waals surface area contributed by atoms with Crippen molar-refractivity contribution in [2.75, 3.05) is 0 Å². The molecule has 0 aliphatic rings. The summed E-state index contributed by atoms with van der Waals surface area (Å²) in [6.45, 7) is 3.66. The minimum atomic E-state index is -0.489. The molecule has 92 valence electrons. The quantitative estimate of drug-likeness (QED) is 0.341. The van der Waals surface area contributed by atoms with Crippen molar-refractivity contribution >= 4 is 11.6 Å². The maximum absolute atomic E-state index is 12.0. The summed E-state index contributed by atoms with van der Waals surface area (Å²) in [7, 11) is 0. The Kier molecular flexibility index (Phi) is 5.52. The van der Waals surface area contributed by atoms with E-state index in [9.17, 15) is 9.59 Å². The Balaban J connectivity index is 3.01. The average molecular weight is 240 g/mol. The molecule has 0 atom stereocenters. The number of carbonyl (C=O) groups excluding carboxylic acids is 2. The van der Waals surface area contributed by atoms with E-state index in [4.69, 9.17) is 0 Å². The fourth-order valence-electron chi connectivity index (χ4n) is 1.44. The first-order valence-corrected chi connectivity index (χ1v) is 5.80. The van der Waals surface area contributed by atoms with Crippen molar-refractivity contribution in [3.63, 3.8) is 0 Å². The van der Waals surface area contributed by atoms with E-state index in [1.807, 2.05) is 26.0 Å². The van der Waals surface area contributed by atoms with Gasteiger partial charge in [0.1, 0.15) is 0 Å². The second-order valence-electron chi connectivity index (χ2n) is 3.67. The second kappa shape index (κ2) is 7.17. The first-order valence-electron chi connectivity index (χ1n) is 5.80. The van der Waals surface area contributed by atoms with Crippen molar-refractivity contribution in [1.82, 2.24) is 0 Å². The molecule has 0 heterocycles. The van der Waals surface area contributed by atoms with Crippen molar-refractivity contribution in [1.29, 1.82) is 0 Å². The van der Waals surface area contributed by atoms with Crippen LogP contribution < -0.4 is 0 Å². The van der Waals surface area contributed by atoms with Crippen LogP contribution in [0.5, 0.6) is 0 Å². The van der Waals surface area contributed by atoms with E-state index < -0.39 is 11.6 Å². The smallest absolute Gasteiger partial charge is 0.233 e. The SMILES string of the molecule is C\C=C/C=C(\C=C/C)C(=O)C(=O)c1ccccc1. The van der Waals surface area contributed by atoms with Gasteiger partial charge in [-0.25, -0.2) is 0 Å². The zero-order valence-corrected chi connectivity index (χ0v) is 10.6. The standard InChI is InChI=1S/C16H16O2/c1-3-5-10-13(9-4-2)15(17)16(18)14-11-7-6-8-12-14/h3-12H,1-2H3/b5-3-,9-4-,13-10+. The number of hydrogen-bond donors (Lipinski definition) is 0. The van der Waals surface area contributed by atoms with E-state index in [-0.39, 0.29) is 0 Å². The molecule has 0 fully saturated rings. The molecule has 0 spiro atoms. The third-order valence-electron chi connectivity index (χ3n) is 2.32. The summed E-state index contributed by atoms with van der Waals surface area (Å²) >= 11 is 0. The summed E-state index contributed by atoms with van der Waals surface area (Å²) in [5, 5.41) is 0. The Labute approximate surface area is 107 Å². The molecule has 0 unspecified atom stereocenters. The highest BCUT2D eigenvalue weighted by molar-refractivity contribution is 6.49. The van der Waals surface area contributed by atoms with Gasteiger partial charge in [-0.05, 0) is 13.8 Å². The van der Waals surface area contributed by atoms with Gasteiger partial charge in [0.25, 0.3) is 0 Å². The summed E-state index contributed by atoms with van der Waals surface area (Å²) in [5.41, 5.74) is 0.808. The van der Waals surface area contributed by atoms with E-state index in [0.717, 1.165) is 0 Å². The Morgan fingerprint density at radius 2 is 1.67 bits per heavy atom. The zero-order chi connectivity index (χ0) is 13.4. The molecule has 0 aliphatic carbocycles. The van der Waals surface area contributed by atoms with Crippen LogP contribution in [-0.2, 0) is 4.79 Å². The van der Waals surface area contributed by atoms with Crippen molar-refractivity contribution in [2.45, 2.75) is 13.8 Å². The summed E-state index contributed by atoms with van der Waals surface area (Å²) in [6.07, 6.45) is 8.58.